The van der Waals surface area contributed by atoms with Gasteiger partial charge >= 0.3 is 0 Å². The Balaban J connectivity index is 1.86. The predicted molar refractivity (Wildman–Crippen MR) is 90.9 cm³/mol. The Bertz CT molecular complexity index is 809. The van der Waals surface area contributed by atoms with Crippen LogP contribution in [0.15, 0.2) is 48.8 Å². The van der Waals surface area contributed by atoms with Crippen LogP contribution in [0, 0.1) is 0 Å². The summed E-state index contributed by atoms with van der Waals surface area (Å²) in [6.07, 6.45) is 1.77. The molecule has 7 heteroatoms. The predicted octanol–water partition coefficient (Wildman–Crippen LogP) is 3.18. The average Bonchev–Trinajstić information content (AvgIpc) is 2.56. The number of nitrogens with zero attached hydrogens (tertiary/aromatic N) is 2. The Morgan fingerprint density at radius 1 is 1.09 bits per heavy atom. The highest BCUT2D eigenvalue weighted by Crippen LogP contribution is 2.30. The molecular formula is C16H16N3O3P. The summed E-state index contributed by atoms with van der Waals surface area (Å²) in [5.41, 5.74) is 2.54. The fraction of sp³-hybridized carbons (Fsp3) is 0.125. The molecule has 3 aromatic rings. The minimum atomic E-state index is -1.92. The maximum Gasteiger partial charge on any atom is 0.169 e. The van der Waals surface area contributed by atoms with Crippen LogP contribution in [0.25, 0.3) is 10.9 Å². The number of nitrogens with one attached hydrogen (secondary N) is 1. The SMILES string of the molecule is COc1ccc2c(Nc3ccc(CP(O)O)cc3)ncnc2c1. The Morgan fingerprint density at radius 3 is 2.57 bits per heavy atom. The number of anilines is 2. The van der Waals surface area contributed by atoms with E-state index in [-0.39, 0.29) is 6.16 Å². The molecule has 1 aromatic heterocycles. The molecule has 3 rings (SSSR count). The van der Waals surface area contributed by atoms with Gasteiger partial charge in [0.05, 0.1) is 12.6 Å². The lowest BCUT2D eigenvalue weighted by molar-refractivity contribution is 0.415. The van der Waals surface area contributed by atoms with Gasteiger partial charge in [-0.3, -0.25) is 0 Å². The van der Waals surface area contributed by atoms with Gasteiger partial charge < -0.3 is 19.8 Å². The minimum absolute atomic E-state index is 0.270. The van der Waals surface area contributed by atoms with Crippen LogP contribution in [0.1, 0.15) is 5.56 Å². The lowest BCUT2D eigenvalue weighted by Crippen LogP contribution is -1.96. The van der Waals surface area contributed by atoms with Gasteiger partial charge in [-0.05, 0) is 29.8 Å². The van der Waals surface area contributed by atoms with E-state index in [1.54, 1.807) is 7.11 Å². The van der Waals surface area contributed by atoms with Crippen molar-refractivity contribution in [2.45, 2.75) is 6.16 Å². The molecule has 0 amide bonds. The topological polar surface area (TPSA) is 87.5 Å². The zero-order valence-electron chi connectivity index (χ0n) is 12.5. The molecule has 3 N–H and O–H groups in total. The number of fused-ring (bicyclic) bond motifs is 1. The van der Waals surface area contributed by atoms with E-state index in [4.69, 9.17) is 14.5 Å². The Labute approximate surface area is 134 Å². The second kappa shape index (κ2) is 6.87. The Morgan fingerprint density at radius 2 is 1.87 bits per heavy atom. The fourth-order valence-electron chi connectivity index (χ4n) is 2.26. The molecular weight excluding hydrogens is 313 g/mol. The quantitative estimate of drug-likeness (QED) is 0.623. The standard InChI is InChI=1S/C16H16N3O3P/c1-22-13-6-7-14-15(8-13)17-10-18-16(14)19-12-4-2-11(3-5-12)9-23(20)21/h2-8,10,20-21H,9H2,1H3,(H,17,18,19). The second-order valence-corrected chi connectivity index (χ2v) is 6.02. The van der Waals surface area contributed by atoms with Crippen molar-refractivity contribution in [3.05, 3.63) is 54.4 Å². The largest absolute Gasteiger partial charge is 0.497 e. The van der Waals surface area contributed by atoms with Crippen molar-refractivity contribution in [1.29, 1.82) is 0 Å². The Kier molecular flexibility index (Phi) is 4.67. The third kappa shape index (κ3) is 3.74. The first kappa shape index (κ1) is 15.6. The lowest BCUT2D eigenvalue weighted by atomic mass is 10.2. The highest BCUT2D eigenvalue weighted by molar-refractivity contribution is 7.44. The van der Waals surface area contributed by atoms with Gasteiger partial charge in [0.2, 0.25) is 0 Å². The third-order valence-electron chi connectivity index (χ3n) is 3.38. The molecule has 0 aliphatic rings. The van der Waals surface area contributed by atoms with E-state index in [0.29, 0.717) is 5.82 Å². The van der Waals surface area contributed by atoms with Crippen molar-refractivity contribution < 1.29 is 14.5 Å². The number of hydrogen-bond acceptors (Lipinski definition) is 6. The van der Waals surface area contributed by atoms with Crippen molar-refractivity contribution in [2.75, 3.05) is 12.4 Å². The van der Waals surface area contributed by atoms with Crippen molar-refractivity contribution in [2.24, 2.45) is 0 Å². The zero-order valence-corrected chi connectivity index (χ0v) is 13.4. The van der Waals surface area contributed by atoms with Gasteiger partial charge in [0, 0.05) is 23.3 Å². The van der Waals surface area contributed by atoms with Crippen LogP contribution in [0.2, 0.25) is 0 Å². The number of ether oxygens (including phenoxy) is 1. The maximum atomic E-state index is 9.05. The van der Waals surface area contributed by atoms with Crippen molar-refractivity contribution in [3.8, 4) is 5.75 Å². The molecule has 23 heavy (non-hydrogen) atoms. The number of benzene rings is 2. The first-order valence-corrected chi connectivity index (χ1v) is 8.39. The molecule has 0 radical (unpaired) electrons. The van der Waals surface area contributed by atoms with E-state index in [1.165, 1.54) is 6.33 Å². The zero-order chi connectivity index (χ0) is 16.2. The summed E-state index contributed by atoms with van der Waals surface area (Å²) in [7, 11) is -0.297. The summed E-state index contributed by atoms with van der Waals surface area (Å²) in [5, 5.41) is 4.15. The number of rotatable bonds is 5. The van der Waals surface area contributed by atoms with Gasteiger partial charge in [0.15, 0.2) is 8.38 Å². The van der Waals surface area contributed by atoms with Gasteiger partial charge in [0.25, 0.3) is 0 Å². The molecule has 118 valence electrons. The molecule has 0 saturated carbocycles. The fourth-order valence-corrected chi connectivity index (χ4v) is 2.79. The van der Waals surface area contributed by atoms with Gasteiger partial charge in [-0.2, -0.15) is 0 Å². The summed E-state index contributed by atoms with van der Waals surface area (Å²) >= 11 is 0. The molecule has 0 unspecified atom stereocenters. The van der Waals surface area contributed by atoms with Crippen LogP contribution in [0.5, 0.6) is 5.75 Å². The number of aromatic nitrogens is 2. The molecule has 0 atom stereocenters. The minimum Gasteiger partial charge on any atom is -0.497 e. The van der Waals surface area contributed by atoms with Gasteiger partial charge in [-0.25, -0.2) is 9.97 Å². The van der Waals surface area contributed by atoms with Crippen LogP contribution in [-0.4, -0.2) is 26.9 Å². The second-order valence-electron chi connectivity index (χ2n) is 4.96. The van der Waals surface area contributed by atoms with Crippen molar-refractivity contribution in [3.63, 3.8) is 0 Å². The lowest BCUT2D eigenvalue weighted by Gasteiger charge is -2.10. The number of hydrogen-bond donors (Lipinski definition) is 3. The summed E-state index contributed by atoms with van der Waals surface area (Å²) in [6.45, 7) is 0. The summed E-state index contributed by atoms with van der Waals surface area (Å²) < 4.78 is 5.21. The molecule has 0 bridgehead atoms. The van der Waals surface area contributed by atoms with Crippen LogP contribution in [-0.2, 0) is 6.16 Å². The molecule has 2 aromatic carbocycles. The highest BCUT2D eigenvalue weighted by Gasteiger charge is 2.06. The van der Waals surface area contributed by atoms with Crippen molar-refractivity contribution >= 4 is 30.8 Å². The maximum absolute atomic E-state index is 9.05. The smallest absolute Gasteiger partial charge is 0.169 e. The number of methoxy groups -OCH3 is 1. The molecule has 0 saturated heterocycles. The van der Waals surface area contributed by atoms with E-state index in [2.05, 4.69) is 15.3 Å². The van der Waals surface area contributed by atoms with Crippen LogP contribution >= 0.6 is 8.38 Å². The first-order valence-electron chi connectivity index (χ1n) is 6.96. The van der Waals surface area contributed by atoms with Crippen LogP contribution < -0.4 is 10.1 Å². The van der Waals surface area contributed by atoms with E-state index < -0.39 is 8.38 Å². The Hall–Kier alpha value is -2.27. The van der Waals surface area contributed by atoms with Crippen molar-refractivity contribution in [1.82, 2.24) is 9.97 Å². The van der Waals surface area contributed by atoms with E-state index in [0.717, 1.165) is 27.9 Å². The van der Waals surface area contributed by atoms with E-state index >= 15 is 0 Å². The molecule has 0 aliphatic carbocycles. The van der Waals surface area contributed by atoms with Gasteiger partial charge in [-0.1, -0.05) is 12.1 Å². The van der Waals surface area contributed by atoms with Gasteiger partial charge in [0.1, 0.15) is 17.9 Å². The average molecular weight is 329 g/mol. The van der Waals surface area contributed by atoms with Gasteiger partial charge in [-0.15, -0.1) is 0 Å². The molecule has 6 nitrogen and oxygen atoms in total. The molecule has 0 fully saturated rings. The first-order chi connectivity index (χ1) is 11.2. The summed E-state index contributed by atoms with van der Waals surface area (Å²) in [6, 6.07) is 13.1. The van der Waals surface area contributed by atoms with E-state index in [1.807, 2.05) is 42.5 Å². The summed E-state index contributed by atoms with van der Waals surface area (Å²) in [5.74, 6) is 1.45. The summed E-state index contributed by atoms with van der Waals surface area (Å²) in [4.78, 5) is 26.6. The normalized spacial score (nSPS) is 11.0. The third-order valence-corrected chi connectivity index (χ3v) is 4.03. The molecule has 0 aliphatic heterocycles. The molecule has 0 spiro atoms. The van der Waals surface area contributed by atoms with E-state index in [9.17, 15) is 0 Å². The highest BCUT2D eigenvalue weighted by atomic mass is 31.2. The molecule has 1 heterocycles. The monoisotopic (exact) mass is 329 g/mol. The van der Waals surface area contributed by atoms with Crippen LogP contribution in [0.3, 0.4) is 0 Å². The van der Waals surface area contributed by atoms with Crippen LogP contribution in [0.4, 0.5) is 11.5 Å².